The Morgan fingerprint density at radius 1 is 1.35 bits per heavy atom. The first kappa shape index (κ1) is 17.2. The molecule has 0 radical (unpaired) electrons. The first-order valence-corrected chi connectivity index (χ1v) is 7.77. The molecule has 0 saturated carbocycles. The zero-order chi connectivity index (χ0) is 15.0. The Bertz CT molecular complexity index is 288. The number of nitrogens with one attached hydrogen (secondary N) is 2. The smallest absolute Gasteiger partial charge is 0.191 e. The fourth-order valence-corrected chi connectivity index (χ4v) is 2.56. The van der Waals surface area contributed by atoms with Crippen LogP contribution >= 0.6 is 0 Å². The Kier molecular flexibility index (Phi) is 7.92. The summed E-state index contributed by atoms with van der Waals surface area (Å²) in [4.78, 5) is 6.83. The number of nitrogens with zero attached hydrogens (tertiary/aromatic N) is 2. The average molecular weight is 284 g/mol. The van der Waals surface area contributed by atoms with Gasteiger partial charge in [-0.15, -0.1) is 0 Å². The monoisotopic (exact) mass is 284 g/mol. The fraction of sp³-hybridized carbons (Fsp3) is 0.933. The maximum Gasteiger partial charge on any atom is 0.191 e. The van der Waals surface area contributed by atoms with E-state index >= 15 is 0 Å². The highest BCUT2D eigenvalue weighted by Crippen LogP contribution is 2.17. The minimum Gasteiger partial charge on any atom is -0.383 e. The van der Waals surface area contributed by atoms with E-state index in [2.05, 4.69) is 41.3 Å². The van der Waals surface area contributed by atoms with Gasteiger partial charge in [0.2, 0.25) is 0 Å². The van der Waals surface area contributed by atoms with Crippen molar-refractivity contribution in [2.45, 2.75) is 45.7 Å². The lowest BCUT2D eigenvalue weighted by Crippen LogP contribution is -2.50. The molecule has 0 spiro atoms. The van der Waals surface area contributed by atoms with E-state index in [0.29, 0.717) is 12.6 Å². The zero-order valence-corrected chi connectivity index (χ0v) is 13.8. The number of piperidine rings is 1. The average Bonchev–Trinajstić information content (AvgIpc) is 2.44. The topological polar surface area (TPSA) is 48.9 Å². The fourth-order valence-electron chi connectivity index (χ4n) is 2.56. The van der Waals surface area contributed by atoms with Crippen molar-refractivity contribution in [2.24, 2.45) is 10.9 Å². The van der Waals surface area contributed by atoms with Gasteiger partial charge in [0.25, 0.3) is 0 Å². The molecule has 1 aliphatic rings. The van der Waals surface area contributed by atoms with Crippen LogP contribution in [0.1, 0.15) is 33.6 Å². The summed E-state index contributed by atoms with van der Waals surface area (Å²) in [5.74, 6) is 1.74. The normalized spacial score (nSPS) is 21.6. The predicted octanol–water partition coefficient (Wildman–Crippen LogP) is 1.31. The molecule has 0 aliphatic carbocycles. The second kappa shape index (κ2) is 9.19. The van der Waals surface area contributed by atoms with Gasteiger partial charge in [0.05, 0.1) is 6.61 Å². The Morgan fingerprint density at radius 2 is 2.00 bits per heavy atom. The van der Waals surface area contributed by atoms with Crippen molar-refractivity contribution >= 4 is 5.96 Å². The Balaban J connectivity index is 2.29. The van der Waals surface area contributed by atoms with Crippen LogP contribution < -0.4 is 10.6 Å². The maximum absolute atomic E-state index is 5.13. The van der Waals surface area contributed by atoms with E-state index < -0.39 is 0 Å². The van der Waals surface area contributed by atoms with Gasteiger partial charge in [0.1, 0.15) is 0 Å². The minimum atomic E-state index is 0.261. The lowest BCUT2D eigenvalue weighted by atomic mass is 9.98. The summed E-state index contributed by atoms with van der Waals surface area (Å²) in [6, 6.07) is 0.802. The summed E-state index contributed by atoms with van der Waals surface area (Å²) < 4.78 is 5.13. The molecule has 1 heterocycles. The van der Waals surface area contributed by atoms with Crippen molar-refractivity contribution in [3.63, 3.8) is 0 Å². The molecule has 0 amide bonds. The molecule has 2 N–H and O–H groups in total. The van der Waals surface area contributed by atoms with Crippen LogP contribution in [0.4, 0.5) is 0 Å². The van der Waals surface area contributed by atoms with E-state index in [1.807, 2.05) is 7.05 Å². The van der Waals surface area contributed by atoms with Gasteiger partial charge in [-0.05, 0) is 45.7 Å². The molecule has 118 valence electrons. The van der Waals surface area contributed by atoms with E-state index in [1.54, 1.807) is 7.11 Å². The van der Waals surface area contributed by atoms with Crippen molar-refractivity contribution in [3.8, 4) is 0 Å². The number of methoxy groups -OCH3 is 1. The number of rotatable bonds is 6. The number of likely N-dealkylation sites (tertiary alicyclic amines) is 1. The van der Waals surface area contributed by atoms with Crippen LogP contribution in [-0.4, -0.2) is 63.3 Å². The van der Waals surface area contributed by atoms with Gasteiger partial charge in [-0.3, -0.25) is 9.89 Å². The molecule has 20 heavy (non-hydrogen) atoms. The molecule has 2 atom stereocenters. The zero-order valence-electron chi connectivity index (χ0n) is 13.8. The molecule has 5 heteroatoms. The highest BCUT2D eigenvalue weighted by molar-refractivity contribution is 5.79. The Labute approximate surface area is 124 Å². The van der Waals surface area contributed by atoms with Gasteiger partial charge in [-0.2, -0.15) is 0 Å². The predicted molar refractivity (Wildman–Crippen MR) is 85.3 cm³/mol. The standard InChI is InChI=1S/C15H32N4O/c1-12-6-8-19(9-7-12)14(3)10-17-15(16-4)18-13(2)11-20-5/h12-14H,6-11H2,1-5H3,(H2,16,17,18). The van der Waals surface area contributed by atoms with Crippen LogP contribution in [0.3, 0.4) is 0 Å². The number of ether oxygens (including phenoxy) is 1. The van der Waals surface area contributed by atoms with E-state index in [-0.39, 0.29) is 6.04 Å². The highest BCUT2D eigenvalue weighted by Gasteiger charge is 2.20. The third kappa shape index (κ3) is 6.09. The summed E-state index contributed by atoms with van der Waals surface area (Å²) in [5, 5.41) is 6.74. The van der Waals surface area contributed by atoms with E-state index in [9.17, 15) is 0 Å². The molecule has 0 aromatic carbocycles. The molecule has 2 unspecified atom stereocenters. The maximum atomic E-state index is 5.13. The van der Waals surface area contributed by atoms with Crippen LogP contribution in [0.15, 0.2) is 4.99 Å². The Hall–Kier alpha value is -0.810. The van der Waals surface area contributed by atoms with Crippen LogP contribution in [-0.2, 0) is 4.74 Å². The van der Waals surface area contributed by atoms with Gasteiger partial charge < -0.3 is 15.4 Å². The van der Waals surface area contributed by atoms with Gasteiger partial charge in [0, 0.05) is 32.8 Å². The molecule has 1 aliphatic heterocycles. The first-order valence-electron chi connectivity index (χ1n) is 7.77. The number of guanidine groups is 1. The molecule has 0 aromatic heterocycles. The quantitative estimate of drug-likeness (QED) is 0.570. The second-order valence-corrected chi connectivity index (χ2v) is 6.02. The first-order chi connectivity index (χ1) is 9.56. The van der Waals surface area contributed by atoms with Crippen molar-refractivity contribution in [1.29, 1.82) is 0 Å². The van der Waals surface area contributed by atoms with Gasteiger partial charge >= 0.3 is 0 Å². The van der Waals surface area contributed by atoms with Crippen molar-refractivity contribution in [3.05, 3.63) is 0 Å². The third-order valence-corrected chi connectivity index (χ3v) is 4.03. The lowest BCUT2D eigenvalue weighted by molar-refractivity contribution is 0.147. The number of aliphatic imine (C=N–C) groups is 1. The van der Waals surface area contributed by atoms with Gasteiger partial charge in [-0.1, -0.05) is 6.92 Å². The summed E-state index contributed by atoms with van der Waals surface area (Å²) in [6.07, 6.45) is 2.64. The van der Waals surface area contributed by atoms with Crippen LogP contribution in [0.5, 0.6) is 0 Å². The van der Waals surface area contributed by atoms with Crippen molar-refractivity contribution in [2.75, 3.05) is 40.4 Å². The third-order valence-electron chi connectivity index (χ3n) is 4.03. The molecular weight excluding hydrogens is 252 g/mol. The molecule has 5 nitrogen and oxygen atoms in total. The molecule has 0 bridgehead atoms. The summed E-state index contributed by atoms with van der Waals surface area (Å²) in [5.41, 5.74) is 0. The van der Waals surface area contributed by atoms with E-state index in [4.69, 9.17) is 4.74 Å². The number of hydrogen-bond donors (Lipinski definition) is 2. The summed E-state index contributed by atoms with van der Waals surface area (Å²) in [7, 11) is 3.52. The molecule has 1 saturated heterocycles. The van der Waals surface area contributed by atoms with Crippen LogP contribution in [0, 0.1) is 5.92 Å². The van der Waals surface area contributed by atoms with Crippen molar-refractivity contribution in [1.82, 2.24) is 15.5 Å². The van der Waals surface area contributed by atoms with Crippen LogP contribution in [0.2, 0.25) is 0 Å². The molecular formula is C15H32N4O. The van der Waals surface area contributed by atoms with Crippen LogP contribution in [0.25, 0.3) is 0 Å². The molecule has 0 aromatic rings. The Morgan fingerprint density at radius 3 is 2.55 bits per heavy atom. The highest BCUT2D eigenvalue weighted by atomic mass is 16.5. The lowest BCUT2D eigenvalue weighted by Gasteiger charge is -2.35. The minimum absolute atomic E-state index is 0.261. The number of hydrogen-bond acceptors (Lipinski definition) is 3. The van der Waals surface area contributed by atoms with Crippen molar-refractivity contribution < 1.29 is 4.74 Å². The molecule has 1 fully saturated rings. The summed E-state index contributed by atoms with van der Waals surface area (Å²) >= 11 is 0. The second-order valence-electron chi connectivity index (χ2n) is 6.02. The van der Waals surface area contributed by atoms with E-state index in [0.717, 1.165) is 18.4 Å². The SMILES string of the molecule is CN=C(NCC(C)N1CCC(C)CC1)NC(C)COC. The van der Waals surface area contributed by atoms with E-state index in [1.165, 1.54) is 25.9 Å². The van der Waals surface area contributed by atoms with Gasteiger partial charge in [0.15, 0.2) is 5.96 Å². The molecule has 1 rings (SSSR count). The van der Waals surface area contributed by atoms with Gasteiger partial charge in [-0.25, -0.2) is 0 Å². The summed E-state index contributed by atoms with van der Waals surface area (Å²) in [6.45, 7) is 10.8. The largest absolute Gasteiger partial charge is 0.383 e.